The van der Waals surface area contributed by atoms with Crippen LogP contribution in [-0.4, -0.2) is 31.6 Å². The van der Waals surface area contributed by atoms with E-state index in [1.165, 1.54) is 6.07 Å². The van der Waals surface area contributed by atoms with Gasteiger partial charge in [-0.1, -0.05) is 36.4 Å². The standard InChI is InChI=1S/C23H23NO6/c1-15-7-5-8-16(2)21(15)29-14-20(25)28-12-6-11-24-22(26)18-13-17-9-3-4-10-19(17)30-23(18)27/h3-5,7-10,13H,6,11-12,14H2,1-2H3,(H,24,26). The molecule has 7 heteroatoms. The zero-order valence-electron chi connectivity index (χ0n) is 16.9. The Morgan fingerprint density at radius 3 is 2.53 bits per heavy atom. The van der Waals surface area contributed by atoms with Gasteiger partial charge in [-0.3, -0.25) is 4.79 Å². The molecule has 1 aromatic heterocycles. The number of benzene rings is 2. The molecule has 30 heavy (non-hydrogen) atoms. The quantitative estimate of drug-likeness (QED) is 0.349. The predicted molar refractivity (Wildman–Crippen MR) is 112 cm³/mol. The van der Waals surface area contributed by atoms with Crippen molar-refractivity contribution < 1.29 is 23.5 Å². The Balaban J connectivity index is 1.41. The number of rotatable bonds is 8. The van der Waals surface area contributed by atoms with Crippen molar-refractivity contribution in [1.82, 2.24) is 5.32 Å². The number of fused-ring (bicyclic) bond motifs is 1. The molecule has 0 aliphatic carbocycles. The van der Waals surface area contributed by atoms with Crippen molar-refractivity contribution in [2.24, 2.45) is 0 Å². The van der Waals surface area contributed by atoms with Crippen LogP contribution in [-0.2, 0) is 9.53 Å². The first-order valence-corrected chi connectivity index (χ1v) is 9.61. The molecule has 1 N–H and O–H groups in total. The highest BCUT2D eigenvalue weighted by Gasteiger charge is 2.13. The van der Waals surface area contributed by atoms with Crippen molar-refractivity contribution in [3.8, 4) is 5.75 Å². The largest absolute Gasteiger partial charge is 0.481 e. The molecule has 0 radical (unpaired) electrons. The van der Waals surface area contributed by atoms with Crippen molar-refractivity contribution in [3.05, 3.63) is 75.6 Å². The molecule has 1 heterocycles. The lowest BCUT2D eigenvalue weighted by Gasteiger charge is -2.11. The zero-order valence-corrected chi connectivity index (χ0v) is 16.9. The molecular weight excluding hydrogens is 386 g/mol. The summed E-state index contributed by atoms with van der Waals surface area (Å²) in [5.41, 5.74) is 1.57. The van der Waals surface area contributed by atoms with Crippen LogP contribution in [0.3, 0.4) is 0 Å². The van der Waals surface area contributed by atoms with Crippen molar-refractivity contribution in [1.29, 1.82) is 0 Å². The lowest BCUT2D eigenvalue weighted by molar-refractivity contribution is -0.146. The van der Waals surface area contributed by atoms with E-state index in [1.807, 2.05) is 32.0 Å². The zero-order chi connectivity index (χ0) is 21.5. The van der Waals surface area contributed by atoms with Gasteiger partial charge >= 0.3 is 11.6 Å². The lowest BCUT2D eigenvalue weighted by Crippen LogP contribution is -2.29. The molecule has 0 saturated carbocycles. The number of hydrogen-bond acceptors (Lipinski definition) is 6. The van der Waals surface area contributed by atoms with Crippen molar-refractivity contribution in [3.63, 3.8) is 0 Å². The van der Waals surface area contributed by atoms with E-state index >= 15 is 0 Å². The van der Waals surface area contributed by atoms with Crippen LogP contribution in [0.15, 0.2) is 57.7 Å². The number of hydrogen-bond donors (Lipinski definition) is 1. The van der Waals surface area contributed by atoms with Crippen LogP contribution in [0.2, 0.25) is 0 Å². The highest BCUT2D eigenvalue weighted by atomic mass is 16.6. The first kappa shape index (κ1) is 21.1. The lowest BCUT2D eigenvalue weighted by atomic mass is 10.1. The summed E-state index contributed by atoms with van der Waals surface area (Å²) in [4.78, 5) is 36.0. The van der Waals surface area contributed by atoms with Gasteiger partial charge in [0.2, 0.25) is 0 Å². The van der Waals surface area contributed by atoms with E-state index < -0.39 is 17.5 Å². The van der Waals surface area contributed by atoms with Gasteiger partial charge in [-0.05, 0) is 43.5 Å². The minimum absolute atomic E-state index is 0.0623. The molecule has 3 rings (SSSR count). The molecule has 0 fully saturated rings. The maximum atomic E-state index is 12.2. The van der Waals surface area contributed by atoms with Gasteiger partial charge in [0.15, 0.2) is 6.61 Å². The fourth-order valence-corrected chi connectivity index (χ4v) is 2.98. The Labute approximate surface area is 173 Å². The van der Waals surface area contributed by atoms with Crippen molar-refractivity contribution >= 4 is 22.8 Å². The van der Waals surface area contributed by atoms with Crippen LogP contribution in [0.4, 0.5) is 0 Å². The molecule has 0 aliphatic rings. The number of ether oxygens (including phenoxy) is 2. The number of carbonyl (C=O) groups excluding carboxylic acids is 2. The van der Waals surface area contributed by atoms with Gasteiger partial charge in [0.05, 0.1) is 6.61 Å². The monoisotopic (exact) mass is 409 g/mol. The number of amides is 1. The van der Waals surface area contributed by atoms with Gasteiger partial charge in [0, 0.05) is 11.9 Å². The van der Waals surface area contributed by atoms with E-state index in [-0.39, 0.29) is 25.3 Å². The predicted octanol–water partition coefficient (Wildman–Crippen LogP) is 3.15. The molecule has 0 saturated heterocycles. The molecule has 0 bridgehead atoms. The van der Waals surface area contributed by atoms with E-state index in [1.54, 1.807) is 24.3 Å². The minimum atomic E-state index is -0.693. The van der Waals surface area contributed by atoms with Gasteiger partial charge in [-0.25, -0.2) is 9.59 Å². The summed E-state index contributed by atoms with van der Waals surface area (Å²) in [6.45, 7) is 4.01. The fraction of sp³-hybridized carbons (Fsp3) is 0.261. The molecule has 7 nitrogen and oxygen atoms in total. The van der Waals surface area contributed by atoms with Gasteiger partial charge < -0.3 is 19.2 Å². The molecule has 1 amide bonds. The fourth-order valence-electron chi connectivity index (χ4n) is 2.98. The molecule has 2 aromatic carbocycles. The SMILES string of the molecule is Cc1cccc(C)c1OCC(=O)OCCCNC(=O)c1cc2ccccc2oc1=O. The Kier molecular flexibility index (Phi) is 6.85. The van der Waals surface area contributed by atoms with Crippen LogP contribution in [0, 0.1) is 13.8 Å². The second-order valence-electron chi connectivity index (χ2n) is 6.82. The van der Waals surface area contributed by atoms with E-state index in [2.05, 4.69) is 5.32 Å². The maximum absolute atomic E-state index is 12.2. The first-order valence-electron chi connectivity index (χ1n) is 9.61. The molecule has 0 atom stereocenters. The summed E-state index contributed by atoms with van der Waals surface area (Å²) >= 11 is 0. The van der Waals surface area contributed by atoms with E-state index in [4.69, 9.17) is 13.9 Å². The molecular formula is C23H23NO6. The molecule has 3 aromatic rings. The van der Waals surface area contributed by atoms with Crippen LogP contribution in [0.25, 0.3) is 11.0 Å². The summed E-state index contributed by atoms with van der Waals surface area (Å²) < 4.78 is 15.8. The van der Waals surface area contributed by atoms with Crippen LogP contribution in [0.1, 0.15) is 27.9 Å². The van der Waals surface area contributed by atoms with Gasteiger partial charge in [0.25, 0.3) is 5.91 Å². The van der Waals surface area contributed by atoms with Gasteiger partial charge in [0.1, 0.15) is 16.9 Å². The van der Waals surface area contributed by atoms with E-state index in [9.17, 15) is 14.4 Å². The highest BCUT2D eigenvalue weighted by Crippen LogP contribution is 2.22. The number of esters is 1. The maximum Gasteiger partial charge on any atom is 0.349 e. The van der Waals surface area contributed by atoms with Crippen molar-refractivity contribution in [2.75, 3.05) is 19.8 Å². The summed E-state index contributed by atoms with van der Waals surface area (Å²) in [5, 5.41) is 3.30. The topological polar surface area (TPSA) is 94.8 Å². The minimum Gasteiger partial charge on any atom is -0.481 e. The third-order valence-electron chi connectivity index (χ3n) is 4.50. The Hall–Kier alpha value is -3.61. The summed E-state index contributed by atoms with van der Waals surface area (Å²) in [6, 6.07) is 14.2. The Bertz CT molecular complexity index is 1100. The number of carbonyl (C=O) groups is 2. The average molecular weight is 409 g/mol. The smallest absolute Gasteiger partial charge is 0.349 e. The molecule has 0 unspecified atom stereocenters. The third-order valence-corrected chi connectivity index (χ3v) is 4.50. The van der Waals surface area contributed by atoms with Crippen LogP contribution >= 0.6 is 0 Å². The third kappa shape index (κ3) is 5.26. The van der Waals surface area contributed by atoms with E-state index in [0.29, 0.717) is 23.1 Å². The highest BCUT2D eigenvalue weighted by molar-refractivity contribution is 5.96. The molecule has 0 aliphatic heterocycles. The van der Waals surface area contributed by atoms with Crippen molar-refractivity contribution in [2.45, 2.75) is 20.3 Å². The summed E-state index contributed by atoms with van der Waals surface area (Å²) in [5.74, 6) is -0.339. The first-order chi connectivity index (χ1) is 14.5. The Morgan fingerprint density at radius 1 is 1.03 bits per heavy atom. The van der Waals surface area contributed by atoms with E-state index in [0.717, 1.165) is 11.1 Å². The summed E-state index contributed by atoms with van der Waals surface area (Å²) in [7, 11) is 0. The average Bonchev–Trinajstić information content (AvgIpc) is 2.72. The summed E-state index contributed by atoms with van der Waals surface area (Å²) in [6.07, 6.45) is 0.403. The normalized spacial score (nSPS) is 10.6. The van der Waals surface area contributed by atoms with Crippen LogP contribution < -0.4 is 15.7 Å². The molecule has 156 valence electrons. The van der Waals surface area contributed by atoms with Crippen LogP contribution in [0.5, 0.6) is 5.75 Å². The number of nitrogens with one attached hydrogen (secondary N) is 1. The number of para-hydroxylation sites is 2. The van der Waals surface area contributed by atoms with Gasteiger partial charge in [-0.2, -0.15) is 0 Å². The van der Waals surface area contributed by atoms with Gasteiger partial charge in [-0.15, -0.1) is 0 Å². The second kappa shape index (κ2) is 9.73. The Morgan fingerprint density at radius 2 is 1.77 bits per heavy atom. The number of aryl methyl sites for hydroxylation is 2. The molecule has 0 spiro atoms. The second-order valence-corrected chi connectivity index (χ2v) is 6.82.